The molecule has 1 atom stereocenters. The molecule has 1 aliphatic rings. The van der Waals surface area contributed by atoms with Gasteiger partial charge in [-0.05, 0) is 38.3 Å². The van der Waals surface area contributed by atoms with Crippen molar-refractivity contribution >= 4 is 17.8 Å². The van der Waals surface area contributed by atoms with Crippen LogP contribution in [0.2, 0.25) is 0 Å². The Kier molecular flexibility index (Phi) is 5.20. The quantitative estimate of drug-likeness (QED) is 0.795. The minimum atomic E-state index is -0.785. The molecule has 2 amide bonds. The number of piperidine rings is 1. The number of nitrogens with zero attached hydrogens (tertiary/aromatic N) is 1. The van der Waals surface area contributed by atoms with Crippen molar-refractivity contribution in [2.24, 2.45) is 5.73 Å². The van der Waals surface area contributed by atoms with E-state index >= 15 is 0 Å². The maximum atomic E-state index is 12.2. The number of phenols is 1. The van der Waals surface area contributed by atoms with E-state index in [4.69, 9.17) is 10.5 Å². The molecule has 1 aromatic carbocycles. The highest BCUT2D eigenvalue weighted by Gasteiger charge is 2.31. The molecule has 0 unspecified atom stereocenters. The van der Waals surface area contributed by atoms with Crippen molar-refractivity contribution in [3.8, 4) is 5.75 Å². The predicted octanol–water partition coefficient (Wildman–Crippen LogP) is 0.724. The Morgan fingerprint density at radius 1 is 1.35 bits per heavy atom. The van der Waals surface area contributed by atoms with Crippen LogP contribution < -0.4 is 5.73 Å². The number of likely N-dealkylation sites (tertiary alicyclic amines) is 1. The van der Waals surface area contributed by atoms with E-state index in [1.54, 1.807) is 13.0 Å². The number of primary amides is 1. The number of benzene rings is 1. The van der Waals surface area contributed by atoms with Gasteiger partial charge >= 0.3 is 5.97 Å². The second-order valence-electron chi connectivity index (χ2n) is 5.60. The fraction of sp³-hybridized carbons (Fsp3) is 0.438. The van der Waals surface area contributed by atoms with E-state index in [1.165, 1.54) is 17.0 Å². The number of ether oxygens (including phenoxy) is 1. The normalized spacial score (nSPS) is 17.6. The van der Waals surface area contributed by atoms with E-state index in [2.05, 4.69) is 0 Å². The summed E-state index contributed by atoms with van der Waals surface area (Å²) >= 11 is 0. The van der Waals surface area contributed by atoms with Gasteiger partial charge in [0.05, 0.1) is 0 Å². The first-order valence-electron chi connectivity index (χ1n) is 7.45. The average molecular weight is 320 g/mol. The molecule has 0 radical (unpaired) electrons. The molecule has 1 aromatic rings. The third-order valence-electron chi connectivity index (χ3n) is 3.85. The Hall–Kier alpha value is -2.57. The summed E-state index contributed by atoms with van der Waals surface area (Å²) in [7, 11) is 0. The number of amides is 2. The van der Waals surface area contributed by atoms with Crippen LogP contribution in [0.1, 0.15) is 35.2 Å². The number of carbonyl (C=O) groups is 3. The third kappa shape index (κ3) is 4.00. The highest BCUT2D eigenvalue weighted by molar-refractivity contribution is 5.94. The van der Waals surface area contributed by atoms with Crippen LogP contribution in [-0.4, -0.2) is 47.0 Å². The van der Waals surface area contributed by atoms with Crippen molar-refractivity contribution in [3.63, 3.8) is 0 Å². The van der Waals surface area contributed by atoms with Gasteiger partial charge in [-0.25, -0.2) is 4.79 Å². The van der Waals surface area contributed by atoms with Crippen molar-refractivity contribution in [1.29, 1.82) is 0 Å². The van der Waals surface area contributed by atoms with E-state index in [0.29, 0.717) is 13.0 Å². The number of nitrogens with two attached hydrogens (primary N) is 1. The molecule has 3 N–H and O–H groups in total. The summed E-state index contributed by atoms with van der Waals surface area (Å²) in [4.78, 5) is 36.9. The first kappa shape index (κ1) is 16.8. The largest absolute Gasteiger partial charge is 0.507 e. The van der Waals surface area contributed by atoms with Gasteiger partial charge in [0.1, 0.15) is 17.4 Å². The van der Waals surface area contributed by atoms with Crippen LogP contribution in [0.5, 0.6) is 5.75 Å². The highest BCUT2D eigenvalue weighted by Crippen LogP contribution is 2.20. The smallest absolute Gasteiger partial charge is 0.342 e. The summed E-state index contributed by atoms with van der Waals surface area (Å²) in [6, 6.07) is 3.88. The van der Waals surface area contributed by atoms with Crippen molar-refractivity contribution in [3.05, 3.63) is 29.3 Å². The Bertz CT molecular complexity index is 629. The zero-order valence-corrected chi connectivity index (χ0v) is 12.9. The summed E-state index contributed by atoms with van der Waals surface area (Å²) < 4.78 is 4.96. The third-order valence-corrected chi connectivity index (χ3v) is 3.85. The molecule has 1 fully saturated rings. The fourth-order valence-corrected chi connectivity index (χ4v) is 2.63. The molecule has 7 nitrogen and oxygen atoms in total. The van der Waals surface area contributed by atoms with E-state index < -0.39 is 30.4 Å². The molecule has 23 heavy (non-hydrogen) atoms. The number of aromatic hydroxyl groups is 1. The van der Waals surface area contributed by atoms with Gasteiger partial charge < -0.3 is 20.5 Å². The molecule has 0 aromatic heterocycles. The maximum absolute atomic E-state index is 12.2. The molecule has 0 bridgehead atoms. The number of esters is 1. The van der Waals surface area contributed by atoms with Crippen LogP contribution in [-0.2, 0) is 14.3 Å². The Balaban J connectivity index is 1.99. The summed E-state index contributed by atoms with van der Waals surface area (Å²) in [5.41, 5.74) is 6.09. The van der Waals surface area contributed by atoms with Crippen molar-refractivity contribution < 1.29 is 24.2 Å². The van der Waals surface area contributed by atoms with Gasteiger partial charge in [-0.15, -0.1) is 0 Å². The van der Waals surface area contributed by atoms with E-state index in [1.807, 2.05) is 0 Å². The van der Waals surface area contributed by atoms with Crippen LogP contribution >= 0.6 is 0 Å². The molecule has 7 heteroatoms. The van der Waals surface area contributed by atoms with Crippen LogP contribution in [0, 0.1) is 6.92 Å². The first-order valence-corrected chi connectivity index (χ1v) is 7.45. The van der Waals surface area contributed by atoms with Gasteiger partial charge in [-0.3, -0.25) is 9.59 Å². The average Bonchev–Trinajstić information content (AvgIpc) is 2.54. The lowest BCUT2D eigenvalue weighted by atomic mass is 10.0. The summed E-state index contributed by atoms with van der Waals surface area (Å²) in [6.45, 7) is 1.70. The lowest BCUT2D eigenvalue weighted by molar-refractivity contribution is -0.143. The topological polar surface area (TPSA) is 110 Å². The Labute approximate surface area is 134 Å². The van der Waals surface area contributed by atoms with Crippen molar-refractivity contribution in [2.45, 2.75) is 32.2 Å². The second kappa shape index (κ2) is 7.13. The first-order chi connectivity index (χ1) is 10.9. The van der Waals surface area contributed by atoms with Gasteiger partial charge in [0.2, 0.25) is 5.91 Å². The van der Waals surface area contributed by atoms with Crippen molar-refractivity contribution in [2.75, 3.05) is 13.2 Å². The molecule has 1 aliphatic heterocycles. The zero-order valence-electron chi connectivity index (χ0n) is 12.9. The van der Waals surface area contributed by atoms with Gasteiger partial charge in [0.25, 0.3) is 5.91 Å². The van der Waals surface area contributed by atoms with Crippen LogP contribution in [0.4, 0.5) is 0 Å². The van der Waals surface area contributed by atoms with Crippen LogP contribution in [0.25, 0.3) is 0 Å². The van der Waals surface area contributed by atoms with Gasteiger partial charge in [-0.2, -0.15) is 0 Å². The number of hydrogen-bond donors (Lipinski definition) is 2. The summed E-state index contributed by atoms with van der Waals surface area (Å²) in [6.07, 6.45) is 2.13. The van der Waals surface area contributed by atoms with Gasteiger partial charge in [-0.1, -0.05) is 11.6 Å². The number of phenolic OH excluding ortho intramolecular Hbond substituents is 1. The summed E-state index contributed by atoms with van der Waals surface area (Å²) in [5.74, 6) is -2.01. The predicted molar refractivity (Wildman–Crippen MR) is 81.7 cm³/mol. The van der Waals surface area contributed by atoms with E-state index in [9.17, 15) is 19.5 Å². The number of aryl methyl sites for hydroxylation is 1. The molecule has 1 saturated heterocycles. The molecule has 124 valence electrons. The van der Waals surface area contributed by atoms with Crippen LogP contribution in [0.15, 0.2) is 18.2 Å². The Morgan fingerprint density at radius 3 is 2.78 bits per heavy atom. The minimum Gasteiger partial charge on any atom is -0.507 e. The second-order valence-corrected chi connectivity index (χ2v) is 5.60. The van der Waals surface area contributed by atoms with Gasteiger partial charge in [0, 0.05) is 6.54 Å². The molecular weight excluding hydrogens is 300 g/mol. The van der Waals surface area contributed by atoms with Crippen molar-refractivity contribution in [1.82, 2.24) is 4.90 Å². The molecule has 1 heterocycles. The standard InChI is InChI=1S/C16H20N2O5/c1-10-5-6-13(19)11(8-10)16(22)23-9-14(20)18-7-3-2-4-12(18)15(17)21/h5-6,8,12,19H,2-4,7,9H2,1H3,(H2,17,21)/t12-/m1/s1. The monoisotopic (exact) mass is 320 g/mol. The molecule has 0 aliphatic carbocycles. The molecular formula is C16H20N2O5. The van der Waals surface area contributed by atoms with E-state index in [-0.39, 0.29) is 11.3 Å². The lowest BCUT2D eigenvalue weighted by Gasteiger charge is -2.33. The highest BCUT2D eigenvalue weighted by atomic mass is 16.5. The number of hydrogen-bond acceptors (Lipinski definition) is 5. The maximum Gasteiger partial charge on any atom is 0.342 e. The minimum absolute atomic E-state index is 0.00268. The van der Waals surface area contributed by atoms with Gasteiger partial charge in [0.15, 0.2) is 6.61 Å². The zero-order chi connectivity index (χ0) is 17.0. The lowest BCUT2D eigenvalue weighted by Crippen LogP contribution is -2.51. The fourth-order valence-electron chi connectivity index (χ4n) is 2.63. The number of rotatable bonds is 4. The Morgan fingerprint density at radius 2 is 2.09 bits per heavy atom. The molecule has 0 spiro atoms. The van der Waals surface area contributed by atoms with E-state index in [0.717, 1.165) is 18.4 Å². The van der Waals surface area contributed by atoms with Crippen LogP contribution in [0.3, 0.4) is 0 Å². The molecule has 0 saturated carbocycles. The molecule has 2 rings (SSSR count). The summed E-state index contributed by atoms with van der Waals surface area (Å²) in [5, 5.41) is 9.68. The SMILES string of the molecule is Cc1ccc(O)c(C(=O)OCC(=O)N2CCCC[C@@H]2C(N)=O)c1. The number of carbonyl (C=O) groups excluding carboxylic acids is 3.